The fourth-order valence-electron chi connectivity index (χ4n) is 2.96. The SMILES string of the molecule is CCOc1cncc(N2CCC3NCCC3C2)n1. The number of piperidine rings is 1. The summed E-state index contributed by atoms with van der Waals surface area (Å²) in [6, 6.07) is 0.712. The molecule has 0 amide bonds. The molecule has 0 aliphatic carbocycles. The van der Waals surface area contributed by atoms with Gasteiger partial charge < -0.3 is 15.0 Å². The summed E-state index contributed by atoms with van der Waals surface area (Å²) in [7, 11) is 0. The van der Waals surface area contributed by atoms with Gasteiger partial charge in [-0.1, -0.05) is 0 Å². The number of rotatable bonds is 3. The van der Waals surface area contributed by atoms with Crippen LogP contribution in [0.25, 0.3) is 0 Å². The molecule has 18 heavy (non-hydrogen) atoms. The van der Waals surface area contributed by atoms with E-state index in [-0.39, 0.29) is 0 Å². The van der Waals surface area contributed by atoms with Gasteiger partial charge in [0.25, 0.3) is 0 Å². The summed E-state index contributed by atoms with van der Waals surface area (Å²) in [6.07, 6.45) is 5.99. The Morgan fingerprint density at radius 1 is 1.44 bits per heavy atom. The molecule has 5 heteroatoms. The molecule has 1 aromatic rings. The van der Waals surface area contributed by atoms with Crippen LogP contribution in [0.3, 0.4) is 0 Å². The normalized spacial score (nSPS) is 27.1. The van der Waals surface area contributed by atoms with E-state index in [1.807, 2.05) is 13.1 Å². The van der Waals surface area contributed by atoms with Crippen molar-refractivity contribution in [1.29, 1.82) is 0 Å². The highest BCUT2D eigenvalue weighted by Crippen LogP contribution is 2.27. The van der Waals surface area contributed by atoms with Crippen LogP contribution in [-0.4, -0.2) is 42.3 Å². The van der Waals surface area contributed by atoms with Crippen molar-refractivity contribution in [2.45, 2.75) is 25.8 Å². The van der Waals surface area contributed by atoms with E-state index in [1.165, 1.54) is 12.8 Å². The summed E-state index contributed by atoms with van der Waals surface area (Å²) in [5.74, 6) is 2.34. The molecule has 98 valence electrons. The standard InChI is InChI=1S/C13H20N4O/c1-2-18-13-8-14-7-12(16-13)17-6-4-11-10(9-17)3-5-15-11/h7-8,10-11,15H,2-6,9H2,1H3. The molecule has 0 spiro atoms. The van der Waals surface area contributed by atoms with E-state index < -0.39 is 0 Å². The van der Waals surface area contributed by atoms with Crippen molar-refractivity contribution in [2.75, 3.05) is 31.1 Å². The molecule has 1 aromatic heterocycles. The highest BCUT2D eigenvalue weighted by molar-refractivity contribution is 5.38. The molecule has 0 bridgehead atoms. The number of hydrogen-bond donors (Lipinski definition) is 1. The van der Waals surface area contributed by atoms with Crippen molar-refractivity contribution in [2.24, 2.45) is 5.92 Å². The van der Waals surface area contributed by atoms with Gasteiger partial charge in [-0.15, -0.1) is 0 Å². The Balaban J connectivity index is 1.72. The molecule has 2 aliphatic heterocycles. The molecule has 0 aromatic carbocycles. The lowest BCUT2D eigenvalue weighted by molar-refractivity contribution is 0.324. The maximum atomic E-state index is 5.41. The van der Waals surface area contributed by atoms with Gasteiger partial charge in [0.15, 0.2) is 5.82 Å². The number of nitrogens with zero attached hydrogens (tertiary/aromatic N) is 3. The third kappa shape index (κ3) is 2.27. The van der Waals surface area contributed by atoms with Gasteiger partial charge >= 0.3 is 0 Å². The van der Waals surface area contributed by atoms with Gasteiger partial charge in [-0.2, -0.15) is 4.98 Å². The highest BCUT2D eigenvalue weighted by Gasteiger charge is 2.33. The number of hydrogen-bond acceptors (Lipinski definition) is 5. The summed E-state index contributed by atoms with van der Waals surface area (Å²) < 4.78 is 5.41. The van der Waals surface area contributed by atoms with Crippen LogP contribution < -0.4 is 15.0 Å². The van der Waals surface area contributed by atoms with E-state index in [4.69, 9.17) is 4.74 Å². The van der Waals surface area contributed by atoms with Gasteiger partial charge in [-0.25, -0.2) is 0 Å². The fourth-order valence-corrected chi connectivity index (χ4v) is 2.96. The fraction of sp³-hybridized carbons (Fsp3) is 0.692. The molecule has 5 nitrogen and oxygen atoms in total. The first-order chi connectivity index (χ1) is 8.86. The molecular formula is C13H20N4O. The first-order valence-electron chi connectivity index (χ1n) is 6.80. The first-order valence-corrected chi connectivity index (χ1v) is 6.80. The van der Waals surface area contributed by atoms with Crippen LogP contribution in [-0.2, 0) is 0 Å². The summed E-state index contributed by atoms with van der Waals surface area (Å²) in [5, 5.41) is 3.57. The lowest BCUT2D eigenvalue weighted by Gasteiger charge is -2.35. The smallest absolute Gasteiger partial charge is 0.234 e. The summed E-state index contributed by atoms with van der Waals surface area (Å²) in [4.78, 5) is 11.1. The van der Waals surface area contributed by atoms with Crippen molar-refractivity contribution in [3.8, 4) is 5.88 Å². The molecule has 1 N–H and O–H groups in total. The summed E-state index contributed by atoms with van der Waals surface area (Å²) in [6.45, 7) is 5.89. The maximum Gasteiger partial charge on any atom is 0.234 e. The topological polar surface area (TPSA) is 50.3 Å². The largest absolute Gasteiger partial charge is 0.477 e. The van der Waals surface area contributed by atoms with Crippen LogP contribution in [0.1, 0.15) is 19.8 Å². The van der Waals surface area contributed by atoms with E-state index in [1.54, 1.807) is 6.20 Å². The van der Waals surface area contributed by atoms with Gasteiger partial charge in [0.05, 0.1) is 19.0 Å². The van der Waals surface area contributed by atoms with E-state index in [9.17, 15) is 0 Å². The van der Waals surface area contributed by atoms with Crippen molar-refractivity contribution < 1.29 is 4.74 Å². The molecule has 3 rings (SSSR count). The molecule has 0 saturated carbocycles. The van der Waals surface area contributed by atoms with Crippen LogP contribution in [0.5, 0.6) is 5.88 Å². The Morgan fingerprint density at radius 3 is 3.28 bits per heavy atom. The molecule has 2 saturated heterocycles. The van der Waals surface area contributed by atoms with E-state index >= 15 is 0 Å². The van der Waals surface area contributed by atoms with E-state index in [0.29, 0.717) is 18.5 Å². The molecule has 2 atom stereocenters. The van der Waals surface area contributed by atoms with Gasteiger partial charge in [-0.05, 0) is 32.2 Å². The zero-order chi connectivity index (χ0) is 12.4. The van der Waals surface area contributed by atoms with E-state index in [0.717, 1.165) is 31.4 Å². The lowest BCUT2D eigenvalue weighted by Crippen LogP contribution is -2.44. The average molecular weight is 248 g/mol. The molecular weight excluding hydrogens is 228 g/mol. The average Bonchev–Trinajstić information content (AvgIpc) is 2.86. The van der Waals surface area contributed by atoms with Crippen molar-refractivity contribution >= 4 is 5.82 Å². The zero-order valence-corrected chi connectivity index (χ0v) is 10.8. The summed E-state index contributed by atoms with van der Waals surface area (Å²) >= 11 is 0. The van der Waals surface area contributed by atoms with Crippen LogP contribution in [0.15, 0.2) is 12.4 Å². The Bertz CT molecular complexity index is 412. The third-order valence-corrected chi connectivity index (χ3v) is 3.87. The van der Waals surface area contributed by atoms with Crippen LogP contribution in [0.2, 0.25) is 0 Å². The second kappa shape index (κ2) is 5.10. The number of fused-ring (bicyclic) bond motifs is 1. The molecule has 3 heterocycles. The minimum Gasteiger partial charge on any atom is -0.477 e. The monoisotopic (exact) mass is 248 g/mol. The minimum atomic E-state index is 0.627. The number of aromatic nitrogens is 2. The molecule has 2 unspecified atom stereocenters. The predicted octanol–water partition coefficient (Wildman–Crippen LogP) is 1.06. The van der Waals surface area contributed by atoms with Crippen LogP contribution in [0.4, 0.5) is 5.82 Å². The first kappa shape index (κ1) is 11.7. The van der Waals surface area contributed by atoms with Crippen molar-refractivity contribution in [1.82, 2.24) is 15.3 Å². The Hall–Kier alpha value is -1.36. The number of ether oxygens (including phenoxy) is 1. The lowest BCUT2D eigenvalue weighted by atomic mass is 9.93. The number of nitrogens with one attached hydrogen (secondary N) is 1. The number of anilines is 1. The third-order valence-electron chi connectivity index (χ3n) is 3.87. The quantitative estimate of drug-likeness (QED) is 0.867. The zero-order valence-electron chi connectivity index (χ0n) is 10.8. The van der Waals surface area contributed by atoms with Gasteiger partial charge in [0, 0.05) is 19.1 Å². The Kier molecular flexibility index (Phi) is 3.32. The van der Waals surface area contributed by atoms with Crippen molar-refractivity contribution in [3.63, 3.8) is 0 Å². The second-order valence-electron chi connectivity index (χ2n) is 4.99. The second-order valence-corrected chi connectivity index (χ2v) is 4.99. The summed E-state index contributed by atoms with van der Waals surface area (Å²) in [5.41, 5.74) is 0. The van der Waals surface area contributed by atoms with E-state index in [2.05, 4.69) is 20.2 Å². The van der Waals surface area contributed by atoms with Crippen LogP contribution in [0, 0.1) is 5.92 Å². The molecule has 2 aliphatic rings. The van der Waals surface area contributed by atoms with Gasteiger partial charge in [0.2, 0.25) is 5.88 Å². The van der Waals surface area contributed by atoms with Gasteiger partial charge in [-0.3, -0.25) is 4.98 Å². The molecule has 2 fully saturated rings. The molecule has 0 radical (unpaired) electrons. The predicted molar refractivity (Wildman–Crippen MR) is 69.9 cm³/mol. The van der Waals surface area contributed by atoms with Gasteiger partial charge in [0.1, 0.15) is 0 Å². The van der Waals surface area contributed by atoms with Crippen molar-refractivity contribution in [3.05, 3.63) is 12.4 Å². The maximum absolute atomic E-state index is 5.41. The van der Waals surface area contributed by atoms with Crippen LogP contribution >= 0.6 is 0 Å². The Labute approximate surface area is 108 Å². The Morgan fingerprint density at radius 2 is 2.39 bits per heavy atom. The minimum absolute atomic E-state index is 0.627. The highest BCUT2D eigenvalue weighted by atomic mass is 16.5.